The molecule has 2 heterocycles. The number of fused-ring (bicyclic) bond motifs is 1. The summed E-state index contributed by atoms with van der Waals surface area (Å²) in [6.07, 6.45) is 1.03. The highest BCUT2D eigenvalue weighted by Crippen LogP contribution is 2.26. The zero-order valence-corrected chi connectivity index (χ0v) is 17.9. The fourth-order valence-electron chi connectivity index (χ4n) is 3.01. The van der Waals surface area contributed by atoms with Crippen molar-refractivity contribution >= 4 is 40.0 Å². The smallest absolute Gasteiger partial charge is 0.287 e. The Morgan fingerprint density at radius 3 is 2.67 bits per heavy atom. The number of carbonyl (C=O) groups excluding carboxylic acids is 1. The third-order valence-corrected chi connectivity index (χ3v) is 4.70. The molecule has 0 aliphatic carbocycles. The van der Waals surface area contributed by atoms with Crippen LogP contribution in [0.15, 0.2) is 59.1 Å². The summed E-state index contributed by atoms with van der Waals surface area (Å²) in [6, 6.07) is 12.9. The van der Waals surface area contributed by atoms with E-state index in [0.29, 0.717) is 22.3 Å². The number of hydrogen-bond donors (Lipinski definition) is 5. The van der Waals surface area contributed by atoms with E-state index in [1.165, 1.54) is 12.1 Å². The van der Waals surface area contributed by atoms with Crippen LogP contribution in [-0.2, 0) is 0 Å². The first kappa shape index (κ1) is 22.0. The molecule has 10 heteroatoms. The molecule has 0 atom stereocenters. The summed E-state index contributed by atoms with van der Waals surface area (Å²) in [5, 5.41) is 28.1. The van der Waals surface area contributed by atoms with Crippen LogP contribution in [-0.4, -0.2) is 38.2 Å². The molecule has 0 spiro atoms. The number of nitrogens with zero attached hydrogens (tertiary/aromatic N) is 2. The molecule has 4 aromatic rings. The maximum Gasteiger partial charge on any atom is 0.287 e. The summed E-state index contributed by atoms with van der Waals surface area (Å²) in [5.41, 5.74) is 0.778. The van der Waals surface area contributed by atoms with E-state index in [1.54, 1.807) is 50.2 Å². The summed E-state index contributed by atoms with van der Waals surface area (Å²) in [5.74, 6) is -0.869. The number of benzene rings is 2. The Morgan fingerprint density at radius 2 is 1.91 bits per heavy atom. The number of phenols is 1. The van der Waals surface area contributed by atoms with Gasteiger partial charge < -0.3 is 30.6 Å². The Balaban J connectivity index is 1.53. The molecule has 33 heavy (non-hydrogen) atoms. The zero-order valence-electron chi connectivity index (χ0n) is 17.9. The average Bonchev–Trinajstić information content (AvgIpc) is 3.20. The van der Waals surface area contributed by atoms with Crippen LogP contribution in [0.1, 0.15) is 24.4 Å². The predicted molar refractivity (Wildman–Crippen MR) is 122 cm³/mol. The number of furan rings is 1. The summed E-state index contributed by atoms with van der Waals surface area (Å²) in [4.78, 5) is 20.5. The number of aromatic hydroxyl groups is 1. The Labute approximate surface area is 188 Å². The summed E-state index contributed by atoms with van der Waals surface area (Å²) in [6.45, 7) is 3.18. The predicted octanol–water partition coefficient (Wildman–Crippen LogP) is 4.06. The van der Waals surface area contributed by atoms with Gasteiger partial charge in [-0.2, -0.15) is 4.98 Å². The lowest BCUT2D eigenvalue weighted by Gasteiger charge is -2.22. The average molecular weight is 451 g/mol. The van der Waals surface area contributed by atoms with Crippen LogP contribution in [0.2, 0.25) is 0 Å². The zero-order chi connectivity index (χ0) is 23.6. The molecular weight excluding hydrogens is 429 g/mol. The number of halogens is 1. The lowest BCUT2D eigenvalue weighted by molar-refractivity contribution is 0.0843. The van der Waals surface area contributed by atoms with Crippen molar-refractivity contribution < 1.29 is 23.8 Å². The first-order valence-corrected chi connectivity index (χ1v) is 10.0. The van der Waals surface area contributed by atoms with E-state index < -0.39 is 17.3 Å². The molecule has 1 amide bonds. The van der Waals surface area contributed by atoms with Gasteiger partial charge in [0.1, 0.15) is 11.3 Å². The number of anilines is 4. The molecule has 0 fully saturated rings. The lowest BCUT2D eigenvalue weighted by Crippen LogP contribution is -2.46. The molecule has 2 aromatic heterocycles. The van der Waals surface area contributed by atoms with Gasteiger partial charge in [0.25, 0.3) is 5.91 Å². The molecule has 5 N–H and O–H groups in total. The second-order valence-electron chi connectivity index (χ2n) is 8.05. The van der Waals surface area contributed by atoms with Crippen molar-refractivity contribution in [1.82, 2.24) is 15.3 Å². The number of phenolic OH excluding ortho intramolecular Hbond substituents is 1. The molecule has 0 radical (unpaired) electrons. The van der Waals surface area contributed by atoms with Crippen LogP contribution >= 0.6 is 0 Å². The monoisotopic (exact) mass is 451 g/mol. The van der Waals surface area contributed by atoms with Crippen LogP contribution in [0.5, 0.6) is 5.75 Å². The van der Waals surface area contributed by atoms with Crippen LogP contribution in [0.3, 0.4) is 0 Å². The van der Waals surface area contributed by atoms with E-state index in [0.717, 1.165) is 6.20 Å². The largest absolute Gasteiger partial charge is 0.508 e. The number of rotatable bonds is 7. The van der Waals surface area contributed by atoms with Gasteiger partial charge in [-0.05, 0) is 50.2 Å². The second-order valence-corrected chi connectivity index (χ2v) is 8.05. The second kappa shape index (κ2) is 8.75. The van der Waals surface area contributed by atoms with Crippen LogP contribution in [0.25, 0.3) is 11.0 Å². The van der Waals surface area contributed by atoms with Gasteiger partial charge in [0.15, 0.2) is 17.4 Å². The maximum atomic E-state index is 14.2. The highest BCUT2D eigenvalue weighted by Gasteiger charge is 2.22. The maximum absolute atomic E-state index is 14.2. The molecule has 0 aliphatic heterocycles. The van der Waals surface area contributed by atoms with Gasteiger partial charge in [-0.25, -0.2) is 9.37 Å². The molecular formula is C23H22FN5O4. The van der Waals surface area contributed by atoms with Crippen molar-refractivity contribution in [2.45, 2.75) is 19.4 Å². The van der Waals surface area contributed by atoms with Gasteiger partial charge in [0.05, 0.1) is 18.3 Å². The fraction of sp³-hybridized carbons (Fsp3) is 0.174. The van der Waals surface area contributed by atoms with Crippen molar-refractivity contribution in [1.29, 1.82) is 0 Å². The molecule has 2 aromatic carbocycles. The van der Waals surface area contributed by atoms with Gasteiger partial charge >= 0.3 is 0 Å². The van der Waals surface area contributed by atoms with Crippen molar-refractivity contribution in [3.8, 4) is 5.75 Å². The molecule has 0 unspecified atom stereocenters. The minimum Gasteiger partial charge on any atom is -0.508 e. The fourth-order valence-corrected chi connectivity index (χ4v) is 3.01. The lowest BCUT2D eigenvalue weighted by atomic mass is 10.1. The molecule has 0 saturated carbocycles. The SMILES string of the molecule is CC(C)(CO)NC(=O)c1cc2cc(Nc3ncc(F)c(Nc4cccc(O)c4)n3)ccc2o1. The van der Waals surface area contributed by atoms with Gasteiger partial charge in [0, 0.05) is 22.8 Å². The normalized spacial score (nSPS) is 11.4. The van der Waals surface area contributed by atoms with E-state index in [2.05, 4.69) is 25.9 Å². The highest BCUT2D eigenvalue weighted by molar-refractivity contribution is 5.97. The van der Waals surface area contributed by atoms with Gasteiger partial charge in [-0.1, -0.05) is 6.07 Å². The number of hydrogen-bond acceptors (Lipinski definition) is 8. The third-order valence-electron chi connectivity index (χ3n) is 4.70. The summed E-state index contributed by atoms with van der Waals surface area (Å²) < 4.78 is 19.8. The number of aromatic nitrogens is 2. The minimum absolute atomic E-state index is 0.0363. The summed E-state index contributed by atoms with van der Waals surface area (Å²) >= 11 is 0. The summed E-state index contributed by atoms with van der Waals surface area (Å²) in [7, 11) is 0. The van der Waals surface area contributed by atoms with E-state index in [4.69, 9.17) is 4.42 Å². The van der Waals surface area contributed by atoms with Gasteiger partial charge in [-0.15, -0.1) is 0 Å². The number of nitrogens with one attached hydrogen (secondary N) is 3. The first-order valence-electron chi connectivity index (χ1n) is 10.0. The Morgan fingerprint density at radius 1 is 1.12 bits per heavy atom. The Bertz CT molecular complexity index is 1320. The Kier molecular flexibility index (Phi) is 5.84. The van der Waals surface area contributed by atoms with Crippen molar-refractivity contribution in [3.05, 3.63) is 66.3 Å². The molecule has 9 nitrogen and oxygen atoms in total. The molecule has 4 rings (SSSR count). The van der Waals surface area contributed by atoms with E-state index >= 15 is 0 Å². The van der Waals surface area contributed by atoms with E-state index in [9.17, 15) is 19.4 Å². The van der Waals surface area contributed by atoms with Crippen molar-refractivity contribution in [2.24, 2.45) is 0 Å². The standard InChI is InChI=1S/C23H22FN5O4/c1-23(2,12-30)29-21(32)19-9-13-8-15(6-7-18(13)33-19)27-22-25-11-17(24)20(28-22)26-14-4-3-5-16(31)10-14/h3-11,30-31H,12H2,1-2H3,(H,29,32)(H2,25,26,27,28). The van der Waals surface area contributed by atoms with E-state index in [1.807, 2.05) is 0 Å². The van der Waals surface area contributed by atoms with Crippen LogP contribution < -0.4 is 16.0 Å². The molecule has 0 saturated heterocycles. The number of carbonyl (C=O) groups is 1. The highest BCUT2D eigenvalue weighted by atomic mass is 19.1. The first-order chi connectivity index (χ1) is 15.7. The quantitative estimate of drug-likeness (QED) is 0.284. The molecule has 170 valence electrons. The van der Waals surface area contributed by atoms with E-state index in [-0.39, 0.29) is 29.9 Å². The molecule has 0 bridgehead atoms. The molecule has 0 aliphatic rings. The van der Waals surface area contributed by atoms with Gasteiger partial charge in [0.2, 0.25) is 5.95 Å². The van der Waals surface area contributed by atoms with Crippen molar-refractivity contribution in [3.63, 3.8) is 0 Å². The Hall–Kier alpha value is -4.18. The number of amides is 1. The topological polar surface area (TPSA) is 133 Å². The van der Waals surface area contributed by atoms with Crippen LogP contribution in [0.4, 0.5) is 27.5 Å². The minimum atomic E-state index is -0.785. The van der Waals surface area contributed by atoms with Gasteiger partial charge in [-0.3, -0.25) is 4.79 Å². The van der Waals surface area contributed by atoms with Crippen molar-refractivity contribution in [2.75, 3.05) is 17.2 Å². The van der Waals surface area contributed by atoms with Crippen LogP contribution in [0, 0.1) is 5.82 Å². The third kappa shape index (κ3) is 5.18. The number of aliphatic hydroxyl groups is 1. The number of aliphatic hydroxyl groups excluding tert-OH is 1.